The molecule has 0 atom stereocenters. The highest BCUT2D eigenvalue weighted by molar-refractivity contribution is 6.08. The average Bonchev–Trinajstić information content (AvgIpc) is 3.26. The molecule has 168 valence electrons. The van der Waals surface area contributed by atoms with Gasteiger partial charge >= 0.3 is 0 Å². The summed E-state index contributed by atoms with van der Waals surface area (Å²) in [5.74, 6) is 2.67. The predicted octanol–water partition coefficient (Wildman–Crippen LogP) is 6.22. The number of benzene rings is 2. The Hall–Kier alpha value is -3.39. The highest BCUT2D eigenvalue weighted by Gasteiger charge is 2.37. The lowest BCUT2D eigenvalue weighted by molar-refractivity contribution is -0.128. The number of aromatic nitrogens is 1. The first-order valence-electron chi connectivity index (χ1n) is 12.0. The first-order valence-corrected chi connectivity index (χ1v) is 12.0. The van der Waals surface area contributed by atoms with Gasteiger partial charge < -0.3 is 9.47 Å². The fourth-order valence-corrected chi connectivity index (χ4v) is 5.20. The van der Waals surface area contributed by atoms with E-state index in [4.69, 9.17) is 6.42 Å². The van der Waals surface area contributed by atoms with E-state index < -0.39 is 5.66 Å². The van der Waals surface area contributed by atoms with Crippen molar-refractivity contribution in [1.82, 2.24) is 9.47 Å². The van der Waals surface area contributed by atoms with Crippen LogP contribution in [0.2, 0.25) is 0 Å². The van der Waals surface area contributed by atoms with Crippen LogP contribution in [0, 0.1) is 12.3 Å². The summed E-state index contributed by atoms with van der Waals surface area (Å²) in [7, 11) is 0. The Morgan fingerprint density at radius 2 is 1.94 bits per heavy atom. The lowest BCUT2D eigenvalue weighted by Gasteiger charge is -2.28. The van der Waals surface area contributed by atoms with Crippen LogP contribution in [-0.2, 0) is 17.9 Å². The Morgan fingerprint density at radius 1 is 1.18 bits per heavy atom. The van der Waals surface area contributed by atoms with Gasteiger partial charge in [-0.05, 0) is 43.5 Å². The van der Waals surface area contributed by atoms with Crippen LogP contribution in [0.25, 0.3) is 21.8 Å². The van der Waals surface area contributed by atoms with Gasteiger partial charge in [-0.2, -0.15) is 10.2 Å². The van der Waals surface area contributed by atoms with Crippen LogP contribution in [0.4, 0.5) is 0 Å². The smallest absolute Gasteiger partial charge is 0.246 e. The van der Waals surface area contributed by atoms with Crippen LogP contribution in [0.5, 0.6) is 0 Å². The Balaban J connectivity index is 1.43. The van der Waals surface area contributed by atoms with E-state index in [1.54, 1.807) is 6.08 Å². The summed E-state index contributed by atoms with van der Waals surface area (Å²) in [5, 5.41) is 10.8. The number of hydrogen-bond acceptors (Lipinski definition) is 3. The molecule has 5 nitrogen and oxygen atoms in total. The monoisotopic (exact) mass is 438 g/mol. The van der Waals surface area contributed by atoms with Crippen molar-refractivity contribution in [2.45, 2.75) is 70.2 Å². The number of terminal acetylenes is 1. The third kappa shape index (κ3) is 4.18. The van der Waals surface area contributed by atoms with Gasteiger partial charge in [-0.3, -0.25) is 4.79 Å². The Bertz CT molecular complexity index is 1280. The molecule has 2 aromatic carbocycles. The zero-order valence-electron chi connectivity index (χ0n) is 19.2. The van der Waals surface area contributed by atoms with E-state index in [1.165, 1.54) is 34.6 Å². The summed E-state index contributed by atoms with van der Waals surface area (Å²) in [6, 6.07) is 15.5. The van der Waals surface area contributed by atoms with Crippen molar-refractivity contribution in [3.05, 3.63) is 60.2 Å². The maximum Gasteiger partial charge on any atom is 0.246 e. The van der Waals surface area contributed by atoms with Crippen molar-refractivity contribution in [3.63, 3.8) is 0 Å². The van der Waals surface area contributed by atoms with Gasteiger partial charge in [0.15, 0.2) is 0 Å². The number of aryl methyl sites for hydroxylation is 1. The molecule has 3 aromatic rings. The minimum Gasteiger partial charge on any atom is -0.341 e. The molecule has 0 radical (unpaired) electrons. The van der Waals surface area contributed by atoms with E-state index in [1.807, 2.05) is 11.0 Å². The van der Waals surface area contributed by atoms with E-state index >= 15 is 0 Å². The summed E-state index contributed by atoms with van der Waals surface area (Å²) in [5.41, 5.74) is 3.07. The molecule has 5 rings (SSSR count). The lowest BCUT2D eigenvalue weighted by atomic mass is 10.1. The molecule has 1 aromatic heterocycles. The fraction of sp³-hybridized carbons (Fsp3) is 0.393. The fourth-order valence-electron chi connectivity index (χ4n) is 5.20. The number of para-hydroxylation sites is 1. The maximum absolute atomic E-state index is 13.3. The van der Waals surface area contributed by atoms with Crippen LogP contribution in [0.15, 0.2) is 64.8 Å². The minimum absolute atomic E-state index is 0.0374. The zero-order chi connectivity index (χ0) is 22.8. The summed E-state index contributed by atoms with van der Waals surface area (Å²) < 4.78 is 2.36. The van der Waals surface area contributed by atoms with Crippen LogP contribution >= 0.6 is 0 Å². The summed E-state index contributed by atoms with van der Waals surface area (Å²) in [6.45, 7) is 3.70. The van der Waals surface area contributed by atoms with E-state index in [9.17, 15) is 4.79 Å². The molecule has 5 heteroatoms. The van der Waals surface area contributed by atoms with Gasteiger partial charge in [-0.1, -0.05) is 43.2 Å². The summed E-state index contributed by atoms with van der Waals surface area (Å²) in [4.78, 5) is 15.4. The molecule has 0 bridgehead atoms. The minimum atomic E-state index is -0.579. The number of nitrogens with zero attached hydrogens (tertiary/aromatic N) is 4. The number of fused-ring (bicyclic) bond motifs is 3. The topological polar surface area (TPSA) is 50.0 Å². The van der Waals surface area contributed by atoms with E-state index in [-0.39, 0.29) is 11.9 Å². The van der Waals surface area contributed by atoms with Crippen molar-refractivity contribution < 1.29 is 4.79 Å². The molecule has 0 saturated heterocycles. The first-order chi connectivity index (χ1) is 16.1. The SMILES string of the molecule is C#CCCC1(C=CC(=O)N(Cc2ccc3c4ccccc4n(CC)c3c2)C2CCCC2)N=N1. The van der Waals surface area contributed by atoms with Gasteiger partial charge in [-0.15, -0.1) is 12.3 Å². The number of rotatable bonds is 8. The van der Waals surface area contributed by atoms with Gasteiger partial charge in [-0.25, -0.2) is 0 Å². The third-order valence-electron chi connectivity index (χ3n) is 7.04. The number of amides is 1. The van der Waals surface area contributed by atoms with Gasteiger partial charge in [0.05, 0.1) is 0 Å². The number of hydrogen-bond donors (Lipinski definition) is 0. The molecule has 2 heterocycles. The average molecular weight is 439 g/mol. The highest BCUT2D eigenvalue weighted by Crippen LogP contribution is 2.35. The van der Waals surface area contributed by atoms with E-state index in [0.29, 0.717) is 19.4 Å². The zero-order valence-corrected chi connectivity index (χ0v) is 19.2. The Kier molecular flexibility index (Phi) is 5.76. The van der Waals surface area contributed by atoms with Crippen molar-refractivity contribution in [1.29, 1.82) is 0 Å². The normalized spacial score (nSPS) is 17.2. The predicted molar refractivity (Wildman–Crippen MR) is 133 cm³/mol. The summed E-state index contributed by atoms with van der Waals surface area (Å²) >= 11 is 0. The first kappa shape index (κ1) is 21.5. The van der Waals surface area contributed by atoms with Crippen molar-refractivity contribution in [2.24, 2.45) is 10.2 Å². The molecule has 2 aliphatic rings. The van der Waals surface area contributed by atoms with Gasteiger partial charge in [0.25, 0.3) is 0 Å². The molecule has 1 aliphatic carbocycles. The van der Waals surface area contributed by atoms with E-state index in [0.717, 1.165) is 24.9 Å². The molecular formula is C28H30N4O. The standard InChI is InChI=1S/C28H30N4O/c1-3-5-17-28(29-30-28)18-16-27(33)32(22-10-6-7-11-22)20-21-14-15-24-23-12-8-9-13-25(23)31(4-2)26(24)19-21/h1,8-9,12-16,18-19,22H,4-7,10-11,17,20H2,2H3. The quantitative estimate of drug-likeness (QED) is 0.304. The number of carbonyl (C=O) groups is 1. The van der Waals surface area contributed by atoms with Crippen LogP contribution in [0.1, 0.15) is 51.0 Å². The molecule has 0 spiro atoms. The number of carbonyl (C=O) groups excluding carboxylic acids is 1. The van der Waals surface area contributed by atoms with Gasteiger partial charge in [0, 0.05) is 59.9 Å². The highest BCUT2D eigenvalue weighted by atomic mass is 16.2. The molecular weight excluding hydrogens is 408 g/mol. The molecule has 1 saturated carbocycles. The summed E-state index contributed by atoms with van der Waals surface area (Å²) in [6.07, 6.45) is 14.6. The second kappa shape index (κ2) is 8.86. The molecule has 1 fully saturated rings. The van der Waals surface area contributed by atoms with E-state index in [2.05, 4.69) is 70.1 Å². The molecule has 33 heavy (non-hydrogen) atoms. The van der Waals surface area contributed by atoms with Crippen molar-refractivity contribution in [2.75, 3.05) is 0 Å². The maximum atomic E-state index is 13.3. The Morgan fingerprint density at radius 3 is 2.67 bits per heavy atom. The van der Waals surface area contributed by atoms with Crippen LogP contribution < -0.4 is 0 Å². The van der Waals surface area contributed by atoms with Crippen molar-refractivity contribution >= 4 is 27.7 Å². The second-order valence-electron chi connectivity index (χ2n) is 9.13. The largest absolute Gasteiger partial charge is 0.341 e. The van der Waals surface area contributed by atoms with Gasteiger partial charge in [0.1, 0.15) is 0 Å². The Labute approximate surface area is 195 Å². The molecule has 1 amide bonds. The molecule has 0 N–H and O–H groups in total. The second-order valence-corrected chi connectivity index (χ2v) is 9.13. The molecule has 0 unspecified atom stereocenters. The van der Waals surface area contributed by atoms with Crippen molar-refractivity contribution in [3.8, 4) is 12.3 Å². The molecule has 1 aliphatic heterocycles. The van der Waals surface area contributed by atoms with Crippen LogP contribution in [0.3, 0.4) is 0 Å². The lowest BCUT2D eigenvalue weighted by Crippen LogP contribution is -2.37. The van der Waals surface area contributed by atoms with Gasteiger partial charge in [0.2, 0.25) is 11.6 Å². The third-order valence-corrected chi connectivity index (χ3v) is 7.04. The van der Waals surface area contributed by atoms with Crippen LogP contribution in [-0.4, -0.2) is 27.1 Å².